The molecular formula is C15H22FN3O. The third-order valence-corrected chi connectivity index (χ3v) is 3.79. The Labute approximate surface area is 119 Å². The Morgan fingerprint density at radius 1 is 1.55 bits per heavy atom. The van der Waals surface area contributed by atoms with Gasteiger partial charge >= 0.3 is 0 Å². The minimum Gasteiger partial charge on any atom is -0.384 e. The van der Waals surface area contributed by atoms with E-state index in [2.05, 4.69) is 18.7 Å². The minimum absolute atomic E-state index is 0.0890. The monoisotopic (exact) mass is 279 g/mol. The van der Waals surface area contributed by atoms with Crippen molar-refractivity contribution in [1.82, 2.24) is 4.90 Å². The zero-order valence-electron chi connectivity index (χ0n) is 12.0. The van der Waals surface area contributed by atoms with Gasteiger partial charge in [0.25, 0.3) is 0 Å². The van der Waals surface area contributed by atoms with E-state index in [9.17, 15) is 4.39 Å². The van der Waals surface area contributed by atoms with Crippen molar-refractivity contribution in [3.8, 4) is 0 Å². The predicted molar refractivity (Wildman–Crippen MR) is 77.3 cm³/mol. The SMILES string of the molecule is CCC1COC(C)CN1Cc1ccc(F)cc1C(=N)N. The number of morpholine rings is 1. The van der Waals surface area contributed by atoms with Gasteiger partial charge in [0.15, 0.2) is 0 Å². The number of amidine groups is 1. The molecule has 5 heteroatoms. The maximum atomic E-state index is 13.3. The van der Waals surface area contributed by atoms with Crippen LogP contribution in [0.3, 0.4) is 0 Å². The molecule has 1 heterocycles. The number of halogens is 1. The van der Waals surface area contributed by atoms with Gasteiger partial charge in [-0.05, 0) is 31.0 Å². The number of nitrogens with zero attached hydrogens (tertiary/aromatic N) is 1. The van der Waals surface area contributed by atoms with Gasteiger partial charge in [0.05, 0.1) is 12.7 Å². The molecule has 0 aromatic heterocycles. The van der Waals surface area contributed by atoms with E-state index < -0.39 is 0 Å². The number of ether oxygens (including phenoxy) is 1. The van der Waals surface area contributed by atoms with E-state index in [-0.39, 0.29) is 17.8 Å². The van der Waals surface area contributed by atoms with Gasteiger partial charge in [-0.3, -0.25) is 10.3 Å². The van der Waals surface area contributed by atoms with E-state index in [1.165, 1.54) is 12.1 Å². The predicted octanol–water partition coefficient (Wildman–Crippen LogP) is 2.11. The summed E-state index contributed by atoms with van der Waals surface area (Å²) >= 11 is 0. The smallest absolute Gasteiger partial charge is 0.123 e. The molecule has 1 aliphatic rings. The molecule has 2 unspecified atom stereocenters. The van der Waals surface area contributed by atoms with Crippen LogP contribution in [0.4, 0.5) is 4.39 Å². The molecule has 1 saturated heterocycles. The van der Waals surface area contributed by atoms with Crippen molar-refractivity contribution in [3.05, 3.63) is 35.1 Å². The molecule has 1 aliphatic heterocycles. The summed E-state index contributed by atoms with van der Waals surface area (Å²) in [7, 11) is 0. The standard InChI is InChI=1S/C15H22FN3O/c1-3-13-9-20-10(2)7-19(13)8-11-4-5-12(16)6-14(11)15(17)18/h4-6,10,13H,3,7-9H2,1-2H3,(H3,17,18). The Hall–Kier alpha value is -1.46. The maximum absolute atomic E-state index is 13.3. The van der Waals surface area contributed by atoms with Crippen LogP contribution in [0.2, 0.25) is 0 Å². The fraction of sp³-hybridized carbons (Fsp3) is 0.533. The topological polar surface area (TPSA) is 62.3 Å². The fourth-order valence-corrected chi connectivity index (χ4v) is 2.64. The van der Waals surface area contributed by atoms with Crippen LogP contribution in [0.1, 0.15) is 31.4 Å². The quantitative estimate of drug-likeness (QED) is 0.655. The zero-order valence-corrected chi connectivity index (χ0v) is 12.0. The third kappa shape index (κ3) is 3.35. The summed E-state index contributed by atoms with van der Waals surface area (Å²) in [4.78, 5) is 2.33. The number of nitrogen functional groups attached to an aromatic ring is 1. The molecule has 3 N–H and O–H groups in total. The molecule has 4 nitrogen and oxygen atoms in total. The summed E-state index contributed by atoms with van der Waals surface area (Å²) in [6.45, 7) is 6.41. The largest absolute Gasteiger partial charge is 0.384 e. The highest BCUT2D eigenvalue weighted by atomic mass is 19.1. The maximum Gasteiger partial charge on any atom is 0.123 e. The molecule has 1 fully saturated rings. The minimum atomic E-state index is -0.360. The summed E-state index contributed by atoms with van der Waals surface area (Å²) < 4.78 is 19.0. The van der Waals surface area contributed by atoms with Crippen molar-refractivity contribution < 1.29 is 9.13 Å². The second-order valence-corrected chi connectivity index (χ2v) is 5.35. The van der Waals surface area contributed by atoms with Gasteiger partial charge in [0.1, 0.15) is 11.7 Å². The highest BCUT2D eigenvalue weighted by Crippen LogP contribution is 2.20. The van der Waals surface area contributed by atoms with Crippen LogP contribution < -0.4 is 5.73 Å². The van der Waals surface area contributed by atoms with Gasteiger partial charge < -0.3 is 10.5 Å². The molecule has 2 rings (SSSR count). The van der Waals surface area contributed by atoms with Crippen LogP contribution in [0.25, 0.3) is 0 Å². The molecule has 0 spiro atoms. The molecule has 110 valence electrons. The van der Waals surface area contributed by atoms with Crippen LogP contribution >= 0.6 is 0 Å². The van der Waals surface area contributed by atoms with E-state index >= 15 is 0 Å². The lowest BCUT2D eigenvalue weighted by Crippen LogP contribution is -2.48. The number of hydrogen-bond acceptors (Lipinski definition) is 3. The van der Waals surface area contributed by atoms with Crippen LogP contribution in [-0.4, -0.2) is 36.0 Å². The molecular weight excluding hydrogens is 257 g/mol. The average Bonchev–Trinajstić information content (AvgIpc) is 2.41. The number of hydrogen-bond donors (Lipinski definition) is 2. The van der Waals surface area contributed by atoms with E-state index in [1.807, 2.05) is 0 Å². The summed E-state index contributed by atoms with van der Waals surface area (Å²) in [5.74, 6) is -0.449. The molecule has 20 heavy (non-hydrogen) atoms. The van der Waals surface area contributed by atoms with Crippen molar-refractivity contribution in [2.75, 3.05) is 13.2 Å². The Bertz CT molecular complexity index is 492. The first kappa shape index (κ1) is 14.9. The lowest BCUT2D eigenvalue weighted by atomic mass is 10.0. The van der Waals surface area contributed by atoms with Gasteiger partial charge in [-0.2, -0.15) is 0 Å². The van der Waals surface area contributed by atoms with E-state index in [0.717, 1.165) is 18.5 Å². The number of nitrogens with one attached hydrogen (secondary N) is 1. The fourth-order valence-electron chi connectivity index (χ4n) is 2.64. The van der Waals surface area contributed by atoms with Crippen molar-refractivity contribution in [2.24, 2.45) is 5.73 Å². The van der Waals surface area contributed by atoms with Gasteiger partial charge in [-0.25, -0.2) is 4.39 Å². The molecule has 0 saturated carbocycles. The highest BCUT2D eigenvalue weighted by Gasteiger charge is 2.26. The van der Waals surface area contributed by atoms with Crippen molar-refractivity contribution in [2.45, 2.75) is 39.0 Å². The van der Waals surface area contributed by atoms with E-state index in [1.54, 1.807) is 6.07 Å². The van der Waals surface area contributed by atoms with Crippen molar-refractivity contribution in [1.29, 1.82) is 5.41 Å². The van der Waals surface area contributed by atoms with Gasteiger partial charge in [0.2, 0.25) is 0 Å². The van der Waals surface area contributed by atoms with Crippen molar-refractivity contribution in [3.63, 3.8) is 0 Å². The molecule has 2 atom stereocenters. The molecule has 0 radical (unpaired) electrons. The lowest BCUT2D eigenvalue weighted by Gasteiger charge is -2.38. The van der Waals surface area contributed by atoms with E-state index in [0.29, 0.717) is 24.8 Å². The Morgan fingerprint density at radius 3 is 2.95 bits per heavy atom. The Balaban J connectivity index is 2.21. The first-order valence-corrected chi connectivity index (χ1v) is 6.99. The highest BCUT2D eigenvalue weighted by molar-refractivity contribution is 5.96. The number of nitrogens with two attached hydrogens (primary N) is 1. The first-order valence-electron chi connectivity index (χ1n) is 6.99. The van der Waals surface area contributed by atoms with Crippen LogP contribution in [0.5, 0.6) is 0 Å². The molecule has 0 amide bonds. The summed E-state index contributed by atoms with van der Waals surface area (Å²) in [5, 5.41) is 7.59. The van der Waals surface area contributed by atoms with Gasteiger partial charge in [-0.1, -0.05) is 13.0 Å². The van der Waals surface area contributed by atoms with Crippen LogP contribution in [0.15, 0.2) is 18.2 Å². The number of benzene rings is 1. The normalized spacial score (nSPS) is 23.8. The molecule has 1 aromatic rings. The van der Waals surface area contributed by atoms with Crippen LogP contribution in [-0.2, 0) is 11.3 Å². The third-order valence-electron chi connectivity index (χ3n) is 3.79. The number of rotatable bonds is 4. The molecule has 1 aromatic carbocycles. The summed E-state index contributed by atoms with van der Waals surface area (Å²) in [6.07, 6.45) is 1.20. The lowest BCUT2D eigenvalue weighted by molar-refractivity contribution is -0.0592. The van der Waals surface area contributed by atoms with E-state index in [4.69, 9.17) is 15.9 Å². The summed E-state index contributed by atoms with van der Waals surface area (Å²) in [5.41, 5.74) is 6.94. The zero-order chi connectivity index (χ0) is 14.7. The Kier molecular flexibility index (Phi) is 4.73. The van der Waals surface area contributed by atoms with Crippen LogP contribution in [0, 0.1) is 11.2 Å². The van der Waals surface area contributed by atoms with Gasteiger partial charge in [-0.15, -0.1) is 0 Å². The van der Waals surface area contributed by atoms with Gasteiger partial charge in [0, 0.05) is 24.7 Å². The molecule has 0 bridgehead atoms. The summed E-state index contributed by atoms with van der Waals surface area (Å²) in [6, 6.07) is 4.84. The Morgan fingerprint density at radius 2 is 2.30 bits per heavy atom. The second kappa shape index (κ2) is 6.33. The molecule has 0 aliphatic carbocycles. The second-order valence-electron chi connectivity index (χ2n) is 5.35. The van der Waals surface area contributed by atoms with Crippen molar-refractivity contribution >= 4 is 5.84 Å². The first-order chi connectivity index (χ1) is 9.51. The average molecular weight is 279 g/mol.